The van der Waals surface area contributed by atoms with Gasteiger partial charge in [-0.25, -0.2) is 0 Å². The number of hydrogen-bond acceptors (Lipinski definition) is 2. The molecule has 2 rings (SSSR count). The van der Waals surface area contributed by atoms with Gasteiger partial charge in [0.25, 0.3) is 0 Å². The number of aryl methyl sites for hydroxylation is 2. The summed E-state index contributed by atoms with van der Waals surface area (Å²) in [5, 5.41) is 7.31. The predicted octanol–water partition coefficient (Wildman–Crippen LogP) is 2.04. The first-order valence-electron chi connectivity index (χ1n) is 6.38. The molecule has 1 N–H and O–H groups in total. The van der Waals surface area contributed by atoms with Gasteiger partial charge in [-0.1, -0.05) is 13.8 Å². The largest absolute Gasteiger partial charge is 0.338 e. The van der Waals surface area contributed by atoms with Gasteiger partial charge in [0, 0.05) is 30.8 Å². The molecule has 4 nitrogen and oxygen atoms in total. The smallest absolute Gasteiger partial charge is 0.223 e. The van der Waals surface area contributed by atoms with Crippen LogP contribution in [0.3, 0.4) is 0 Å². The van der Waals surface area contributed by atoms with Crippen molar-refractivity contribution in [1.82, 2.24) is 15.1 Å². The molecule has 0 bridgehead atoms. The Bertz CT molecular complexity index is 409. The van der Waals surface area contributed by atoms with Gasteiger partial charge in [-0.2, -0.15) is 5.10 Å². The highest BCUT2D eigenvalue weighted by Crippen LogP contribution is 2.20. The Morgan fingerprint density at radius 1 is 1.53 bits per heavy atom. The van der Waals surface area contributed by atoms with Crippen LogP contribution in [0.2, 0.25) is 0 Å². The van der Waals surface area contributed by atoms with Crippen LogP contribution in [-0.4, -0.2) is 27.5 Å². The SMILES string of the molecule is Cc1n[nH]c2c1CN(C(=O)CC(C)C)CCC2. The highest BCUT2D eigenvalue weighted by molar-refractivity contribution is 5.76. The molecule has 94 valence electrons. The minimum absolute atomic E-state index is 0.272. The molecule has 4 heteroatoms. The number of aromatic amines is 1. The second kappa shape index (κ2) is 4.90. The van der Waals surface area contributed by atoms with Crippen molar-refractivity contribution in [2.45, 2.75) is 46.6 Å². The van der Waals surface area contributed by atoms with E-state index in [1.165, 1.54) is 11.3 Å². The lowest BCUT2D eigenvalue weighted by Gasteiger charge is -2.21. The van der Waals surface area contributed by atoms with Crippen LogP contribution < -0.4 is 0 Å². The average molecular weight is 235 g/mol. The number of carbonyl (C=O) groups is 1. The number of H-pyrrole nitrogens is 1. The summed E-state index contributed by atoms with van der Waals surface area (Å²) in [7, 11) is 0. The van der Waals surface area contributed by atoms with Crippen molar-refractivity contribution in [3.63, 3.8) is 0 Å². The first-order chi connectivity index (χ1) is 8.08. The van der Waals surface area contributed by atoms with Crippen molar-refractivity contribution in [2.24, 2.45) is 5.92 Å². The van der Waals surface area contributed by atoms with Crippen LogP contribution in [0.4, 0.5) is 0 Å². The Balaban J connectivity index is 2.12. The van der Waals surface area contributed by atoms with Gasteiger partial charge in [0.1, 0.15) is 0 Å². The Labute approximate surface area is 102 Å². The molecule has 1 aliphatic heterocycles. The van der Waals surface area contributed by atoms with E-state index < -0.39 is 0 Å². The molecule has 0 fully saturated rings. The molecule has 0 unspecified atom stereocenters. The van der Waals surface area contributed by atoms with Gasteiger partial charge in [-0.3, -0.25) is 9.89 Å². The summed E-state index contributed by atoms with van der Waals surface area (Å²) in [6.45, 7) is 7.77. The maximum absolute atomic E-state index is 12.1. The minimum Gasteiger partial charge on any atom is -0.338 e. The summed E-state index contributed by atoms with van der Waals surface area (Å²) in [5.41, 5.74) is 3.46. The monoisotopic (exact) mass is 235 g/mol. The van der Waals surface area contributed by atoms with Gasteiger partial charge in [-0.15, -0.1) is 0 Å². The number of carbonyl (C=O) groups excluding carboxylic acids is 1. The number of nitrogens with zero attached hydrogens (tertiary/aromatic N) is 2. The maximum atomic E-state index is 12.1. The number of aromatic nitrogens is 2. The van der Waals surface area contributed by atoms with E-state index in [4.69, 9.17) is 0 Å². The van der Waals surface area contributed by atoms with Crippen LogP contribution in [0.15, 0.2) is 0 Å². The molecule has 1 aromatic rings. The zero-order valence-electron chi connectivity index (χ0n) is 10.9. The second-order valence-corrected chi connectivity index (χ2v) is 5.28. The van der Waals surface area contributed by atoms with Gasteiger partial charge in [0.2, 0.25) is 5.91 Å². The molecule has 1 aliphatic rings. The Morgan fingerprint density at radius 3 is 3.00 bits per heavy atom. The van der Waals surface area contributed by atoms with Gasteiger partial charge in [0.15, 0.2) is 0 Å². The summed E-state index contributed by atoms with van der Waals surface area (Å²) in [4.78, 5) is 14.1. The molecule has 2 heterocycles. The third kappa shape index (κ3) is 2.68. The number of amides is 1. The van der Waals surface area contributed by atoms with Crippen molar-refractivity contribution in [1.29, 1.82) is 0 Å². The summed E-state index contributed by atoms with van der Waals surface area (Å²) in [5.74, 6) is 0.698. The van der Waals surface area contributed by atoms with Crippen LogP contribution in [0.1, 0.15) is 43.6 Å². The third-order valence-corrected chi connectivity index (χ3v) is 3.30. The fraction of sp³-hybridized carbons (Fsp3) is 0.692. The summed E-state index contributed by atoms with van der Waals surface area (Å²) in [6.07, 6.45) is 2.67. The Kier molecular flexibility index (Phi) is 3.50. The van der Waals surface area contributed by atoms with E-state index >= 15 is 0 Å². The van der Waals surface area contributed by atoms with Crippen LogP contribution in [0.5, 0.6) is 0 Å². The van der Waals surface area contributed by atoms with E-state index in [9.17, 15) is 4.79 Å². The maximum Gasteiger partial charge on any atom is 0.223 e. The third-order valence-electron chi connectivity index (χ3n) is 3.30. The lowest BCUT2D eigenvalue weighted by molar-refractivity contribution is -0.132. The fourth-order valence-electron chi connectivity index (χ4n) is 2.33. The predicted molar refractivity (Wildman–Crippen MR) is 66.5 cm³/mol. The van der Waals surface area contributed by atoms with Gasteiger partial charge < -0.3 is 4.90 Å². The average Bonchev–Trinajstić information content (AvgIpc) is 2.51. The van der Waals surface area contributed by atoms with Crippen molar-refractivity contribution >= 4 is 5.91 Å². The van der Waals surface area contributed by atoms with Crippen LogP contribution in [-0.2, 0) is 17.8 Å². The number of nitrogens with one attached hydrogen (secondary N) is 1. The van der Waals surface area contributed by atoms with Crippen LogP contribution in [0.25, 0.3) is 0 Å². The summed E-state index contributed by atoms with van der Waals surface area (Å²) < 4.78 is 0. The Hall–Kier alpha value is -1.32. The molecule has 0 atom stereocenters. The first kappa shape index (κ1) is 12.1. The lowest BCUT2D eigenvalue weighted by Crippen LogP contribution is -2.31. The fourth-order valence-corrected chi connectivity index (χ4v) is 2.33. The molecule has 0 spiro atoms. The van der Waals surface area contributed by atoms with Gasteiger partial charge in [0.05, 0.1) is 5.69 Å². The summed E-state index contributed by atoms with van der Waals surface area (Å²) >= 11 is 0. The quantitative estimate of drug-likeness (QED) is 0.852. The molecule has 0 saturated carbocycles. The van der Waals surface area contributed by atoms with E-state index in [2.05, 4.69) is 24.0 Å². The lowest BCUT2D eigenvalue weighted by atomic mass is 10.1. The standard InChI is InChI=1S/C13H21N3O/c1-9(2)7-13(17)16-6-4-5-12-11(8-16)10(3)14-15-12/h9H,4-8H2,1-3H3,(H,14,15). The highest BCUT2D eigenvalue weighted by Gasteiger charge is 2.22. The number of rotatable bonds is 2. The molecular formula is C13H21N3O. The molecule has 1 aromatic heterocycles. The van der Waals surface area contributed by atoms with E-state index in [0.717, 1.165) is 31.6 Å². The minimum atomic E-state index is 0.272. The number of fused-ring (bicyclic) bond motifs is 1. The van der Waals surface area contributed by atoms with E-state index in [1.54, 1.807) is 0 Å². The molecule has 17 heavy (non-hydrogen) atoms. The number of hydrogen-bond donors (Lipinski definition) is 1. The molecule has 1 amide bonds. The normalized spacial score (nSPS) is 15.9. The molecule has 0 radical (unpaired) electrons. The molecule has 0 aliphatic carbocycles. The zero-order chi connectivity index (χ0) is 12.4. The molecular weight excluding hydrogens is 214 g/mol. The molecule has 0 aromatic carbocycles. The topological polar surface area (TPSA) is 49.0 Å². The van der Waals surface area contributed by atoms with Crippen LogP contribution >= 0.6 is 0 Å². The van der Waals surface area contributed by atoms with Crippen molar-refractivity contribution in [3.05, 3.63) is 17.0 Å². The summed E-state index contributed by atoms with van der Waals surface area (Å²) in [6, 6.07) is 0. The highest BCUT2D eigenvalue weighted by atomic mass is 16.2. The van der Waals surface area contributed by atoms with Crippen molar-refractivity contribution in [3.8, 4) is 0 Å². The van der Waals surface area contributed by atoms with E-state index in [1.807, 2.05) is 11.8 Å². The second-order valence-electron chi connectivity index (χ2n) is 5.28. The first-order valence-corrected chi connectivity index (χ1v) is 6.38. The van der Waals surface area contributed by atoms with E-state index in [-0.39, 0.29) is 5.91 Å². The van der Waals surface area contributed by atoms with Crippen LogP contribution in [0, 0.1) is 12.8 Å². The van der Waals surface area contributed by atoms with Gasteiger partial charge >= 0.3 is 0 Å². The van der Waals surface area contributed by atoms with Crippen molar-refractivity contribution < 1.29 is 4.79 Å². The van der Waals surface area contributed by atoms with E-state index in [0.29, 0.717) is 12.3 Å². The zero-order valence-corrected chi connectivity index (χ0v) is 10.9. The van der Waals surface area contributed by atoms with Crippen molar-refractivity contribution in [2.75, 3.05) is 6.54 Å². The van der Waals surface area contributed by atoms with Gasteiger partial charge in [-0.05, 0) is 25.7 Å². The molecule has 0 saturated heterocycles. The Morgan fingerprint density at radius 2 is 2.29 bits per heavy atom.